The number of hydrogen-bond acceptors (Lipinski definition) is 3. The van der Waals surface area contributed by atoms with Crippen molar-refractivity contribution >= 4 is 11.8 Å². The molecule has 0 bridgehead atoms. The first kappa shape index (κ1) is 8.92. The molecule has 0 saturated carbocycles. The lowest BCUT2D eigenvalue weighted by Gasteiger charge is -2.27. The monoisotopic (exact) mass is 172 g/mol. The van der Waals surface area contributed by atoms with E-state index in [2.05, 4.69) is 5.92 Å². The second kappa shape index (κ2) is 4.66. The van der Waals surface area contributed by atoms with Gasteiger partial charge in [0, 0.05) is 5.75 Å². The van der Waals surface area contributed by atoms with Gasteiger partial charge in [0.2, 0.25) is 0 Å². The highest BCUT2D eigenvalue weighted by atomic mass is 32.2. The van der Waals surface area contributed by atoms with Gasteiger partial charge in [0.25, 0.3) is 0 Å². The summed E-state index contributed by atoms with van der Waals surface area (Å²) in [7, 11) is 0. The van der Waals surface area contributed by atoms with Gasteiger partial charge < -0.3 is 9.47 Å². The first-order valence-corrected chi connectivity index (χ1v) is 4.96. The van der Waals surface area contributed by atoms with E-state index in [1.165, 1.54) is 0 Å². The van der Waals surface area contributed by atoms with Crippen LogP contribution in [0.4, 0.5) is 0 Å². The Hall–Kier alpha value is -0.170. The Morgan fingerprint density at radius 2 is 2.27 bits per heavy atom. The van der Waals surface area contributed by atoms with Crippen molar-refractivity contribution in [3.05, 3.63) is 0 Å². The average Bonchev–Trinajstić information content (AvgIpc) is 2.06. The molecule has 1 fully saturated rings. The van der Waals surface area contributed by atoms with Gasteiger partial charge >= 0.3 is 0 Å². The van der Waals surface area contributed by atoms with Crippen LogP contribution in [-0.2, 0) is 9.47 Å². The number of ether oxygens (including phenoxy) is 2. The predicted octanol–water partition coefficient (Wildman–Crippen LogP) is 0.767. The van der Waals surface area contributed by atoms with Crippen LogP contribution in [0.15, 0.2) is 0 Å². The fraction of sp³-hybridized carbons (Fsp3) is 0.750. The molecule has 1 saturated heterocycles. The fourth-order valence-corrected chi connectivity index (χ4v) is 1.62. The van der Waals surface area contributed by atoms with Gasteiger partial charge in [0.1, 0.15) is 12.2 Å². The van der Waals surface area contributed by atoms with Crippen LogP contribution < -0.4 is 0 Å². The van der Waals surface area contributed by atoms with Gasteiger partial charge in [0.15, 0.2) is 0 Å². The summed E-state index contributed by atoms with van der Waals surface area (Å²) in [6.07, 6.45) is 7.24. The minimum Gasteiger partial charge on any atom is -0.371 e. The van der Waals surface area contributed by atoms with E-state index >= 15 is 0 Å². The molecule has 1 aliphatic rings. The zero-order valence-corrected chi connectivity index (χ0v) is 7.39. The lowest BCUT2D eigenvalue weighted by molar-refractivity contribution is -0.107. The zero-order chi connectivity index (χ0) is 8.10. The molecule has 11 heavy (non-hydrogen) atoms. The van der Waals surface area contributed by atoms with Crippen LogP contribution in [0.2, 0.25) is 0 Å². The van der Waals surface area contributed by atoms with Crippen LogP contribution in [0, 0.1) is 12.3 Å². The summed E-state index contributed by atoms with van der Waals surface area (Å²) in [5.74, 6) is 3.49. The van der Waals surface area contributed by atoms with E-state index in [4.69, 9.17) is 15.9 Å². The second-order valence-corrected chi connectivity index (χ2v) is 3.23. The molecule has 0 radical (unpaired) electrons. The van der Waals surface area contributed by atoms with Crippen LogP contribution in [0.5, 0.6) is 0 Å². The Morgan fingerprint density at radius 3 is 2.91 bits per heavy atom. The highest BCUT2D eigenvalue weighted by Crippen LogP contribution is 2.13. The lowest BCUT2D eigenvalue weighted by atomic mass is 10.2. The Kier molecular flexibility index (Phi) is 3.78. The van der Waals surface area contributed by atoms with Gasteiger partial charge in [0.05, 0.1) is 13.2 Å². The topological polar surface area (TPSA) is 18.5 Å². The molecule has 0 aromatic carbocycles. The summed E-state index contributed by atoms with van der Waals surface area (Å²) in [6.45, 7) is 1.29. The summed E-state index contributed by atoms with van der Waals surface area (Å²) >= 11 is 1.73. The first-order chi connectivity index (χ1) is 5.38. The van der Waals surface area contributed by atoms with Crippen LogP contribution >= 0.6 is 11.8 Å². The number of thioether (sulfide) groups is 1. The van der Waals surface area contributed by atoms with Crippen LogP contribution in [-0.4, -0.2) is 37.4 Å². The van der Waals surface area contributed by atoms with E-state index < -0.39 is 0 Å². The number of terminal acetylenes is 1. The SMILES string of the molecule is C#CC1OCCOC1CSC. The Morgan fingerprint density at radius 1 is 1.55 bits per heavy atom. The number of rotatable bonds is 2. The minimum atomic E-state index is -0.142. The molecule has 3 heteroatoms. The highest BCUT2D eigenvalue weighted by Gasteiger charge is 2.23. The molecule has 1 aliphatic heterocycles. The smallest absolute Gasteiger partial charge is 0.144 e. The zero-order valence-electron chi connectivity index (χ0n) is 6.58. The van der Waals surface area contributed by atoms with E-state index in [1.807, 2.05) is 6.26 Å². The molecule has 2 unspecified atom stereocenters. The van der Waals surface area contributed by atoms with Gasteiger partial charge in [-0.1, -0.05) is 5.92 Å². The van der Waals surface area contributed by atoms with Crippen LogP contribution in [0.25, 0.3) is 0 Å². The Labute approximate surface area is 71.6 Å². The third kappa shape index (κ3) is 2.41. The van der Waals surface area contributed by atoms with Crippen LogP contribution in [0.3, 0.4) is 0 Å². The molecule has 62 valence electrons. The molecule has 0 amide bonds. The molecular weight excluding hydrogens is 160 g/mol. The molecule has 0 aromatic heterocycles. The van der Waals surface area contributed by atoms with Crippen molar-refractivity contribution in [2.45, 2.75) is 12.2 Å². The third-order valence-electron chi connectivity index (χ3n) is 1.55. The maximum absolute atomic E-state index is 5.43. The summed E-state index contributed by atoms with van der Waals surface area (Å²) in [5.41, 5.74) is 0. The van der Waals surface area contributed by atoms with Crippen molar-refractivity contribution in [3.63, 3.8) is 0 Å². The molecule has 0 aliphatic carbocycles. The Bertz CT molecular complexity index is 151. The van der Waals surface area contributed by atoms with Gasteiger partial charge in [-0.3, -0.25) is 0 Å². The minimum absolute atomic E-state index is 0.0868. The maximum Gasteiger partial charge on any atom is 0.144 e. The number of hydrogen-bond donors (Lipinski definition) is 0. The van der Waals surface area contributed by atoms with E-state index in [-0.39, 0.29) is 12.2 Å². The maximum atomic E-state index is 5.43. The standard InChI is InChI=1S/C8H12O2S/c1-3-7-8(6-11-2)10-5-4-9-7/h1,7-8H,4-6H2,2H3. The van der Waals surface area contributed by atoms with Crippen molar-refractivity contribution < 1.29 is 9.47 Å². The van der Waals surface area contributed by atoms with E-state index in [9.17, 15) is 0 Å². The van der Waals surface area contributed by atoms with Gasteiger partial charge in [-0.05, 0) is 6.26 Å². The summed E-state index contributed by atoms with van der Waals surface area (Å²) in [5, 5.41) is 0. The third-order valence-corrected chi connectivity index (χ3v) is 2.21. The largest absolute Gasteiger partial charge is 0.371 e. The first-order valence-electron chi connectivity index (χ1n) is 3.56. The summed E-state index contributed by atoms with van der Waals surface area (Å²) in [6, 6.07) is 0. The van der Waals surface area contributed by atoms with Crippen molar-refractivity contribution in [2.75, 3.05) is 25.2 Å². The summed E-state index contributed by atoms with van der Waals surface area (Å²) < 4.78 is 10.8. The second-order valence-electron chi connectivity index (χ2n) is 2.32. The highest BCUT2D eigenvalue weighted by molar-refractivity contribution is 7.98. The Balaban J connectivity index is 2.39. The van der Waals surface area contributed by atoms with Crippen LogP contribution in [0.1, 0.15) is 0 Å². The average molecular weight is 172 g/mol. The quantitative estimate of drug-likeness (QED) is 0.573. The fourth-order valence-electron chi connectivity index (χ4n) is 1.02. The molecule has 0 aromatic rings. The molecule has 2 atom stereocenters. The van der Waals surface area contributed by atoms with Gasteiger partial charge in [-0.2, -0.15) is 11.8 Å². The van der Waals surface area contributed by atoms with Crippen molar-refractivity contribution in [2.24, 2.45) is 0 Å². The molecule has 0 N–H and O–H groups in total. The van der Waals surface area contributed by atoms with Gasteiger partial charge in [-0.15, -0.1) is 6.42 Å². The normalized spacial score (nSPS) is 31.3. The molecule has 1 heterocycles. The predicted molar refractivity (Wildman–Crippen MR) is 46.7 cm³/mol. The summed E-state index contributed by atoms with van der Waals surface area (Å²) in [4.78, 5) is 0. The van der Waals surface area contributed by atoms with Crippen molar-refractivity contribution in [3.8, 4) is 12.3 Å². The van der Waals surface area contributed by atoms with E-state index in [0.29, 0.717) is 13.2 Å². The van der Waals surface area contributed by atoms with E-state index in [0.717, 1.165) is 5.75 Å². The van der Waals surface area contributed by atoms with E-state index in [1.54, 1.807) is 11.8 Å². The molecule has 0 spiro atoms. The molecule has 2 nitrogen and oxygen atoms in total. The van der Waals surface area contributed by atoms with Gasteiger partial charge in [-0.25, -0.2) is 0 Å². The lowest BCUT2D eigenvalue weighted by Crippen LogP contribution is -2.39. The molecule has 1 rings (SSSR count). The molecular formula is C8H12O2S. The van der Waals surface area contributed by atoms with Crippen molar-refractivity contribution in [1.82, 2.24) is 0 Å². The van der Waals surface area contributed by atoms with Crippen molar-refractivity contribution in [1.29, 1.82) is 0 Å².